The molecule has 7 nitrogen and oxygen atoms in total. The molecular weight excluding hydrogens is 414 g/mol. The quantitative estimate of drug-likeness (QED) is 0.457. The second-order valence-electron chi connectivity index (χ2n) is 7.30. The van der Waals surface area contributed by atoms with Crippen LogP contribution in [0.4, 0.5) is 16.2 Å². The smallest absolute Gasteiger partial charge is 0.319 e. The molecule has 0 atom stereocenters. The van der Waals surface area contributed by atoms with Crippen LogP contribution in [-0.2, 0) is 10.0 Å². The second-order valence-corrected chi connectivity index (χ2v) is 8.98. The number of sulfonamides is 1. The molecule has 0 aliphatic carbocycles. The van der Waals surface area contributed by atoms with Crippen molar-refractivity contribution < 1.29 is 17.9 Å². The lowest BCUT2D eigenvalue weighted by Gasteiger charge is -2.11. The summed E-state index contributed by atoms with van der Waals surface area (Å²) in [7, 11) is -3.77. The van der Waals surface area contributed by atoms with E-state index in [0.29, 0.717) is 35.3 Å². The standard InChI is InChI=1S/C23H25N3O4S/c1-17(2)16-24-23(27)25-18-10-14-22(15-11-18)31(28,29)26-19-8-12-21(13-9-19)30-20-6-4-3-5-7-20/h3-15,17,26H,16H2,1-2H3,(H2,24,25,27). The molecule has 3 aromatic rings. The van der Waals surface area contributed by atoms with Gasteiger partial charge in [-0.05, 0) is 66.6 Å². The monoisotopic (exact) mass is 439 g/mol. The third-order valence-electron chi connectivity index (χ3n) is 4.18. The minimum Gasteiger partial charge on any atom is -0.457 e. The van der Waals surface area contributed by atoms with Crippen molar-refractivity contribution in [1.82, 2.24) is 5.32 Å². The van der Waals surface area contributed by atoms with Crippen molar-refractivity contribution in [2.45, 2.75) is 18.7 Å². The zero-order chi connectivity index (χ0) is 22.3. The van der Waals surface area contributed by atoms with Crippen LogP contribution in [0.1, 0.15) is 13.8 Å². The largest absolute Gasteiger partial charge is 0.457 e. The van der Waals surface area contributed by atoms with Gasteiger partial charge in [-0.3, -0.25) is 4.72 Å². The minimum atomic E-state index is -3.77. The summed E-state index contributed by atoms with van der Waals surface area (Å²) in [5.41, 5.74) is 0.915. The van der Waals surface area contributed by atoms with Crippen molar-refractivity contribution in [2.24, 2.45) is 5.92 Å². The number of anilines is 2. The first-order valence-electron chi connectivity index (χ1n) is 9.82. The van der Waals surface area contributed by atoms with Crippen molar-refractivity contribution in [3.05, 3.63) is 78.9 Å². The van der Waals surface area contributed by atoms with E-state index in [4.69, 9.17) is 4.74 Å². The zero-order valence-corrected chi connectivity index (χ0v) is 18.1. The van der Waals surface area contributed by atoms with Gasteiger partial charge in [0, 0.05) is 17.9 Å². The van der Waals surface area contributed by atoms with E-state index in [1.807, 2.05) is 44.2 Å². The summed E-state index contributed by atoms with van der Waals surface area (Å²) in [5.74, 6) is 1.63. The van der Waals surface area contributed by atoms with Gasteiger partial charge in [0.05, 0.1) is 4.90 Å². The molecule has 3 N–H and O–H groups in total. The topological polar surface area (TPSA) is 96.5 Å². The Balaban J connectivity index is 1.60. The molecule has 0 aromatic heterocycles. The molecule has 0 saturated heterocycles. The second kappa shape index (κ2) is 9.99. The number of urea groups is 1. The fraction of sp³-hybridized carbons (Fsp3) is 0.174. The molecule has 0 aliphatic rings. The third-order valence-corrected chi connectivity index (χ3v) is 5.58. The van der Waals surface area contributed by atoms with Crippen molar-refractivity contribution in [3.8, 4) is 11.5 Å². The summed E-state index contributed by atoms with van der Waals surface area (Å²) in [6, 6.07) is 21.6. The van der Waals surface area contributed by atoms with E-state index in [2.05, 4.69) is 15.4 Å². The number of amides is 2. The van der Waals surface area contributed by atoms with Gasteiger partial charge in [0.2, 0.25) is 0 Å². The number of hydrogen-bond donors (Lipinski definition) is 3. The van der Waals surface area contributed by atoms with Gasteiger partial charge in [-0.15, -0.1) is 0 Å². The maximum absolute atomic E-state index is 12.6. The molecule has 162 valence electrons. The normalized spacial score (nSPS) is 11.1. The van der Waals surface area contributed by atoms with Crippen LogP contribution in [0.5, 0.6) is 11.5 Å². The van der Waals surface area contributed by atoms with Crippen molar-refractivity contribution in [2.75, 3.05) is 16.6 Å². The lowest BCUT2D eigenvalue weighted by Crippen LogP contribution is -2.31. The molecule has 0 spiro atoms. The molecule has 31 heavy (non-hydrogen) atoms. The predicted molar refractivity (Wildman–Crippen MR) is 122 cm³/mol. The Morgan fingerprint density at radius 3 is 2.03 bits per heavy atom. The van der Waals surface area contributed by atoms with Crippen LogP contribution in [-0.4, -0.2) is 21.0 Å². The van der Waals surface area contributed by atoms with Crippen LogP contribution in [0.25, 0.3) is 0 Å². The third kappa shape index (κ3) is 6.75. The first-order chi connectivity index (χ1) is 14.8. The maximum Gasteiger partial charge on any atom is 0.319 e. The van der Waals surface area contributed by atoms with E-state index in [1.165, 1.54) is 12.1 Å². The fourth-order valence-corrected chi connectivity index (χ4v) is 3.68. The van der Waals surface area contributed by atoms with Crippen molar-refractivity contribution in [3.63, 3.8) is 0 Å². The maximum atomic E-state index is 12.6. The van der Waals surface area contributed by atoms with Crippen molar-refractivity contribution >= 4 is 27.4 Å². The molecule has 8 heteroatoms. The number of benzene rings is 3. The molecule has 0 heterocycles. The highest BCUT2D eigenvalue weighted by Gasteiger charge is 2.14. The highest BCUT2D eigenvalue weighted by Crippen LogP contribution is 2.24. The summed E-state index contributed by atoms with van der Waals surface area (Å²) in [6.45, 7) is 4.55. The van der Waals surface area contributed by atoms with Gasteiger partial charge >= 0.3 is 6.03 Å². The highest BCUT2D eigenvalue weighted by molar-refractivity contribution is 7.92. The first-order valence-corrected chi connectivity index (χ1v) is 11.3. The van der Waals surface area contributed by atoms with Gasteiger partial charge in [0.25, 0.3) is 10.0 Å². The molecule has 0 unspecified atom stereocenters. The van der Waals surface area contributed by atoms with E-state index in [9.17, 15) is 13.2 Å². The van der Waals surface area contributed by atoms with Crippen molar-refractivity contribution in [1.29, 1.82) is 0 Å². The lowest BCUT2D eigenvalue weighted by atomic mass is 10.2. The summed E-state index contributed by atoms with van der Waals surface area (Å²) in [4.78, 5) is 11.9. The SMILES string of the molecule is CC(C)CNC(=O)Nc1ccc(S(=O)(=O)Nc2ccc(Oc3ccccc3)cc2)cc1. The van der Waals surface area contributed by atoms with Crippen LogP contribution in [0.15, 0.2) is 83.8 Å². The number of carbonyl (C=O) groups excluding carboxylic acids is 1. The fourth-order valence-electron chi connectivity index (χ4n) is 2.62. The number of hydrogen-bond acceptors (Lipinski definition) is 4. The number of carbonyl (C=O) groups is 1. The average molecular weight is 440 g/mol. The first kappa shape index (κ1) is 22.2. The number of rotatable bonds is 8. The Labute approximate surface area is 182 Å². The Hall–Kier alpha value is -3.52. The Bertz CT molecular complexity index is 1100. The highest BCUT2D eigenvalue weighted by atomic mass is 32.2. The van der Waals surface area contributed by atoms with Gasteiger partial charge in [-0.1, -0.05) is 32.0 Å². The van der Waals surface area contributed by atoms with E-state index in [-0.39, 0.29) is 10.9 Å². The molecule has 0 saturated carbocycles. The molecule has 3 rings (SSSR count). The van der Waals surface area contributed by atoms with Gasteiger partial charge in [-0.2, -0.15) is 0 Å². The molecule has 0 fully saturated rings. The van der Waals surface area contributed by atoms with Gasteiger partial charge in [0.15, 0.2) is 0 Å². The van der Waals surface area contributed by atoms with Gasteiger partial charge in [-0.25, -0.2) is 13.2 Å². The molecule has 3 aromatic carbocycles. The van der Waals surface area contributed by atoms with E-state index < -0.39 is 10.0 Å². The van der Waals surface area contributed by atoms with Crippen LogP contribution < -0.4 is 20.1 Å². The van der Waals surface area contributed by atoms with Crippen LogP contribution in [0.3, 0.4) is 0 Å². The summed E-state index contributed by atoms with van der Waals surface area (Å²) < 4.78 is 33.5. The average Bonchev–Trinajstić information content (AvgIpc) is 2.75. The Kier molecular flexibility index (Phi) is 7.15. The van der Waals surface area contributed by atoms with Crippen LogP contribution in [0, 0.1) is 5.92 Å². The Morgan fingerprint density at radius 1 is 0.839 bits per heavy atom. The van der Waals surface area contributed by atoms with Gasteiger partial charge in [0.1, 0.15) is 11.5 Å². The van der Waals surface area contributed by atoms with E-state index in [0.717, 1.165) is 0 Å². The summed E-state index contributed by atoms with van der Waals surface area (Å²) >= 11 is 0. The minimum absolute atomic E-state index is 0.0882. The Morgan fingerprint density at radius 2 is 1.42 bits per heavy atom. The number of nitrogens with one attached hydrogen (secondary N) is 3. The number of para-hydroxylation sites is 1. The predicted octanol–water partition coefficient (Wildman–Crippen LogP) is 5.06. The van der Waals surface area contributed by atoms with E-state index >= 15 is 0 Å². The summed E-state index contributed by atoms with van der Waals surface area (Å²) in [5, 5.41) is 5.41. The summed E-state index contributed by atoms with van der Waals surface area (Å²) in [6.07, 6.45) is 0. The lowest BCUT2D eigenvalue weighted by molar-refractivity contribution is 0.251. The molecular formula is C23H25N3O4S. The zero-order valence-electron chi connectivity index (χ0n) is 17.3. The molecule has 0 aliphatic heterocycles. The van der Waals surface area contributed by atoms with Crippen LogP contribution >= 0.6 is 0 Å². The van der Waals surface area contributed by atoms with E-state index in [1.54, 1.807) is 36.4 Å². The van der Waals surface area contributed by atoms with Crippen LogP contribution in [0.2, 0.25) is 0 Å². The van der Waals surface area contributed by atoms with Gasteiger partial charge < -0.3 is 15.4 Å². The molecule has 0 bridgehead atoms. The molecule has 0 radical (unpaired) electrons. The number of ether oxygens (including phenoxy) is 1. The molecule has 2 amide bonds.